The molecule has 3 atom stereocenters. The van der Waals surface area contributed by atoms with E-state index >= 15 is 0 Å². The Bertz CT molecular complexity index is 256. The molecule has 98 valence electrons. The highest BCUT2D eigenvalue weighted by Crippen LogP contribution is 2.29. The number of piperidine rings is 1. The summed E-state index contributed by atoms with van der Waals surface area (Å²) >= 11 is 0. The van der Waals surface area contributed by atoms with Crippen LogP contribution in [0.2, 0.25) is 0 Å². The molecule has 0 amide bonds. The summed E-state index contributed by atoms with van der Waals surface area (Å²) in [6.07, 6.45) is 7.07. The van der Waals surface area contributed by atoms with Gasteiger partial charge in [0, 0.05) is 31.2 Å². The van der Waals surface area contributed by atoms with Crippen molar-refractivity contribution in [1.82, 2.24) is 15.1 Å². The quantitative estimate of drug-likeness (QED) is 0.741. The number of fused-ring (bicyclic) bond motifs is 1. The Morgan fingerprint density at radius 3 is 2.59 bits per heavy atom. The molecule has 3 heteroatoms. The topological polar surface area (TPSA) is 18.5 Å². The van der Waals surface area contributed by atoms with Crippen molar-refractivity contribution in [3.8, 4) is 0 Å². The molecule has 0 radical (unpaired) electrons. The van der Waals surface area contributed by atoms with E-state index in [-0.39, 0.29) is 0 Å². The fourth-order valence-electron chi connectivity index (χ4n) is 3.93. The van der Waals surface area contributed by atoms with Crippen LogP contribution < -0.4 is 5.32 Å². The van der Waals surface area contributed by atoms with Gasteiger partial charge in [0.05, 0.1) is 0 Å². The summed E-state index contributed by atoms with van der Waals surface area (Å²) in [4.78, 5) is 5.50. The molecule has 3 aliphatic rings. The first kappa shape index (κ1) is 11.9. The Hall–Kier alpha value is -0.120. The zero-order valence-corrected chi connectivity index (χ0v) is 11.2. The molecule has 3 fully saturated rings. The third-order valence-electron chi connectivity index (χ3n) is 5.05. The average Bonchev–Trinajstić information content (AvgIpc) is 2.70. The summed E-state index contributed by atoms with van der Waals surface area (Å²) < 4.78 is 0. The maximum absolute atomic E-state index is 3.61. The highest BCUT2D eigenvalue weighted by atomic mass is 15.2. The molecule has 3 heterocycles. The van der Waals surface area contributed by atoms with Crippen LogP contribution in [0.3, 0.4) is 0 Å². The lowest BCUT2D eigenvalue weighted by molar-refractivity contribution is 0.0915. The number of hydrogen-bond donors (Lipinski definition) is 1. The van der Waals surface area contributed by atoms with Gasteiger partial charge in [0.15, 0.2) is 0 Å². The van der Waals surface area contributed by atoms with Gasteiger partial charge in [-0.05, 0) is 58.7 Å². The van der Waals surface area contributed by atoms with Crippen LogP contribution in [0.1, 0.15) is 39.0 Å². The highest BCUT2D eigenvalue weighted by Gasteiger charge is 2.34. The maximum Gasteiger partial charge on any atom is 0.0123 e. The molecule has 0 aromatic heterocycles. The predicted molar refractivity (Wildman–Crippen MR) is 71.3 cm³/mol. The molecule has 3 nitrogen and oxygen atoms in total. The standard InChI is InChI=1S/C14H27N3/c1-12-4-8-17(10-6-15-12)14-5-9-16-7-2-3-13(16)11-14/h12-15H,2-11H2,1H3. The molecule has 0 bridgehead atoms. The first-order valence-corrected chi connectivity index (χ1v) is 7.54. The van der Waals surface area contributed by atoms with Crippen molar-refractivity contribution >= 4 is 0 Å². The normalized spacial score (nSPS) is 41.1. The molecular weight excluding hydrogens is 210 g/mol. The second-order valence-corrected chi connectivity index (χ2v) is 6.19. The highest BCUT2D eigenvalue weighted by molar-refractivity contribution is 4.91. The first-order chi connectivity index (χ1) is 8.33. The van der Waals surface area contributed by atoms with E-state index in [0.717, 1.165) is 12.1 Å². The molecule has 0 aromatic carbocycles. The van der Waals surface area contributed by atoms with Crippen LogP contribution in [0.25, 0.3) is 0 Å². The first-order valence-electron chi connectivity index (χ1n) is 7.54. The molecular formula is C14H27N3. The van der Waals surface area contributed by atoms with E-state index in [1.165, 1.54) is 64.8 Å². The minimum Gasteiger partial charge on any atom is -0.313 e. The second-order valence-electron chi connectivity index (χ2n) is 6.19. The van der Waals surface area contributed by atoms with E-state index in [1.807, 2.05) is 0 Å². The van der Waals surface area contributed by atoms with Gasteiger partial charge in [-0.25, -0.2) is 0 Å². The molecule has 3 rings (SSSR count). The van der Waals surface area contributed by atoms with E-state index in [9.17, 15) is 0 Å². The van der Waals surface area contributed by atoms with Crippen molar-refractivity contribution in [2.24, 2.45) is 0 Å². The lowest BCUT2D eigenvalue weighted by Crippen LogP contribution is -2.48. The van der Waals surface area contributed by atoms with Crippen LogP contribution >= 0.6 is 0 Å². The Morgan fingerprint density at radius 2 is 1.65 bits per heavy atom. The van der Waals surface area contributed by atoms with Gasteiger partial charge in [-0.1, -0.05) is 0 Å². The molecule has 3 aliphatic heterocycles. The minimum atomic E-state index is 0.714. The predicted octanol–water partition coefficient (Wildman–Crippen LogP) is 1.30. The molecule has 3 saturated heterocycles. The molecule has 3 unspecified atom stereocenters. The van der Waals surface area contributed by atoms with Crippen molar-refractivity contribution in [1.29, 1.82) is 0 Å². The van der Waals surface area contributed by atoms with Gasteiger partial charge in [0.2, 0.25) is 0 Å². The van der Waals surface area contributed by atoms with Crippen LogP contribution in [0.15, 0.2) is 0 Å². The van der Waals surface area contributed by atoms with Crippen LogP contribution in [-0.4, -0.2) is 60.6 Å². The molecule has 0 spiro atoms. The molecule has 0 saturated carbocycles. The van der Waals surface area contributed by atoms with Gasteiger partial charge in [-0.2, -0.15) is 0 Å². The van der Waals surface area contributed by atoms with Crippen molar-refractivity contribution in [3.05, 3.63) is 0 Å². The third-order valence-corrected chi connectivity index (χ3v) is 5.05. The van der Waals surface area contributed by atoms with Gasteiger partial charge in [0.1, 0.15) is 0 Å². The summed E-state index contributed by atoms with van der Waals surface area (Å²) in [5.41, 5.74) is 0. The van der Waals surface area contributed by atoms with Crippen LogP contribution in [0.4, 0.5) is 0 Å². The zero-order valence-electron chi connectivity index (χ0n) is 11.2. The summed E-state index contributed by atoms with van der Waals surface area (Å²) in [5, 5.41) is 3.61. The van der Waals surface area contributed by atoms with Gasteiger partial charge in [0.25, 0.3) is 0 Å². The fraction of sp³-hybridized carbons (Fsp3) is 1.00. The van der Waals surface area contributed by atoms with Crippen LogP contribution in [0, 0.1) is 0 Å². The lowest BCUT2D eigenvalue weighted by Gasteiger charge is -2.40. The summed E-state index contributed by atoms with van der Waals surface area (Å²) in [7, 11) is 0. The van der Waals surface area contributed by atoms with Crippen LogP contribution in [0.5, 0.6) is 0 Å². The number of nitrogens with zero attached hydrogens (tertiary/aromatic N) is 2. The van der Waals surface area contributed by atoms with Gasteiger partial charge in [-0.15, -0.1) is 0 Å². The third kappa shape index (κ3) is 2.67. The van der Waals surface area contributed by atoms with E-state index in [4.69, 9.17) is 0 Å². The van der Waals surface area contributed by atoms with Crippen LogP contribution in [-0.2, 0) is 0 Å². The second kappa shape index (κ2) is 5.25. The molecule has 1 N–H and O–H groups in total. The maximum atomic E-state index is 3.61. The Labute approximate surface area is 106 Å². The van der Waals surface area contributed by atoms with E-state index in [2.05, 4.69) is 22.0 Å². The molecule has 0 aliphatic carbocycles. The van der Waals surface area contributed by atoms with E-state index < -0.39 is 0 Å². The summed E-state index contributed by atoms with van der Waals surface area (Å²) in [5.74, 6) is 0. The number of rotatable bonds is 1. The van der Waals surface area contributed by atoms with Gasteiger partial charge in [-0.3, -0.25) is 4.90 Å². The summed E-state index contributed by atoms with van der Waals surface area (Å²) in [6, 6.07) is 2.51. The average molecular weight is 237 g/mol. The van der Waals surface area contributed by atoms with Crippen molar-refractivity contribution in [3.63, 3.8) is 0 Å². The Balaban J connectivity index is 1.57. The van der Waals surface area contributed by atoms with Gasteiger partial charge >= 0.3 is 0 Å². The van der Waals surface area contributed by atoms with Gasteiger partial charge < -0.3 is 10.2 Å². The fourth-order valence-corrected chi connectivity index (χ4v) is 3.93. The summed E-state index contributed by atoms with van der Waals surface area (Å²) in [6.45, 7) is 8.81. The monoisotopic (exact) mass is 237 g/mol. The molecule has 17 heavy (non-hydrogen) atoms. The minimum absolute atomic E-state index is 0.714. The number of nitrogens with one attached hydrogen (secondary N) is 1. The smallest absolute Gasteiger partial charge is 0.0123 e. The Morgan fingerprint density at radius 1 is 0.882 bits per heavy atom. The van der Waals surface area contributed by atoms with E-state index in [0.29, 0.717) is 6.04 Å². The molecule has 0 aromatic rings. The van der Waals surface area contributed by atoms with Crippen molar-refractivity contribution in [2.45, 2.75) is 57.2 Å². The van der Waals surface area contributed by atoms with Crippen molar-refractivity contribution < 1.29 is 0 Å². The Kier molecular flexibility index (Phi) is 3.69. The zero-order chi connectivity index (χ0) is 11.7. The van der Waals surface area contributed by atoms with Crippen molar-refractivity contribution in [2.75, 3.05) is 32.7 Å². The lowest BCUT2D eigenvalue weighted by atomic mass is 9.96. The largest absolute Gasteiger partial charge is 0.313 e. The SMILES string of the molecule is CC1CCN(C2CCN3CCCC3C2)CCN1. The van der Waals surface area contributed by atoms with E-state index in [1.54, 1.807) is 0 Å². The number of hydrogen-bond acceptors (Lipinski definition) is 3.